The van der Waals surface area contributed by atoms with E-state index in [2.05, 4.69) is 28.3 Å². The largest absolute Gasteiger partial charge is 0.337 e. The third kappa shape index (κ3) is 3.46. The average molecular weight is 452 g/mol. The van der Waals surface area contributed by atoms with E-state index in [1.165, 1.54) is 12.4 Å². The van der Waals surface area contributed by atoms with Gasteiger partial charge in [0.2, 0.25) is 11.7 Å². The second-order valence-electron chi connectivity index (χ2n) is 8.04. The van der Waals surface area contributed by atoms with Gasteiger partial charge in [-0.2, -0.15) is 4.98 Å². The Morgan fingerprint density at radius 1 is 1.24 bits per heavy atom. The fourth-order valence-corrected chi connectivity index (χ4v) is 4.60. The van der Waals surface area contributed by atoms with Crippen molar-refractivity contribution in [1.82, 2.24) is 29.5 Å². The maximum absolute atomic E-state index is 14.7. The zero-order valence-corrected chi connectivity index (χ0v) is 17.9. The lowest BCUT2D eigenvalue weighted by Crippen LogP contribution is -2.30. The quantitative estimate of drug-likeness (QED) is 0.509. The molecule has 0 unspecified atom stereocenters. The first-order valence-corrected chi connectivity index (χ1v) is 10.7. The Kier molecular flexibility index (Phi) is 5.37. The van der Waals surface area contributed by atoms with Gasteiger partial charge in [0.15, 0.2) is 11.6 Å². The number of aromatic nitrogens is 4. The highest BCUT2D eigenvalue weighted by Gasteiger charge is 2.41. The third-order valence-corrected chi connectivity index (χ3v) is 5.99. The van der Waals surface area contributed by atoms with Gasteiger partial charge in [0.25, 0.3) is 5.91 Å². The van der Waals surface area contributed by atoms with E-state index in [4.69, 9.17) is 4.52 Å². The zero-order valence-electron chi connectivity index (χ0n) is 17.9. The normalized spacial score (nSPS) is 17.0. The van der Waals surface area contributed by atoms with Gasteiger partial charge in [-0.25, -0.2) is 13.8 Å². The minimum atomic E-state index is -1.15. The second-order valence-corrected chi connectivity index (χ2v) is 8.04. The highest BCUT2D eigenvalue weighted by Crippen LogP contribution is 2.42. The third-order valence-electron chi connectivity index (χ3n) is 5.99. The number of carbonyl (C=O) groups is 1. The maximum Gasteiger partial charge on any atom is 0.259 e. The van der Waals surface area contributed by atoms with E-state index in [9.17, 15) is 13.6 Å². The molecule has 5 rings (SSSR count). The Morgan fingerprint density at radius 2 is 2.03 bits per heavy atom. The van der Waals surface area contributed by atoms with Gasteiger partial charge in [-0.1, -0.05) is 17.3 Å². The number of imidazole rings is 1. The molecule has 2 aliphatic heterocycles. The number of rotatable bonds is 7. The first-order chi connectivity index (χ1) is 16.0. The summed E-state index contributed by atoms with van der Waals surface area (Å²) in [5, 5.41) is 4.11. The highest BCUT2D eigenvalue weighted by atomic mass is 19.2. The molecule has 0 bridgehead atoms. The van der Waals surface area contributed by atoms with Gasteiger partial charge >= 0.3 is 0 Å². The van der Waals surface area contributed by atoms with E-state index in [0.29, 0.717) is 49.9 Å². The molecule has 1 saturated heterocycles. The van der Waals surface area contributed by atoms with Gasteiger partial charge in [-0.05, 0) is 25.0 Å². The van der Waals surface area contributed by atoms with Gasteiger partial charge in [0.05, 0.1) is 24.0 Å². The first-order valence-electron chi connectivity index (χ1n) is 10.7. The molecule has 0 radical (unpaired) electrons. The molecule has 0 spiro atoms. The fourth-order valence-electron chi connectivity index (χ4n) is 4.60. The molecular formula is C23H22F2N6O2. The van der Waals surface area contributed by atoms with Crippen LogP contribution in [0.5, 0.6) is 0 Å². The number of amides is 1. The van der Waals surface area contributed by atoms with E-state index < -0.39 is 17.5 Å². The van der Waals surface area contributed by atoms with Crippen LogP contribution in [-0.4, -0.2) is 55.0 Å². The summed E-state index contributed by atoms with van der Waals surface area (Å²) in [7, 11) is 0. The van der Waals surface area contributed by atoms with E-state index in [1.54, 1.807) is 21.6 Å². The molecule has 4 heterocycles. The lowest BCUT2D eigenvalue weighted by Gasteiger charge is -2.22. The Balaban J connectivity index is 1.59. The predicted molar refractivity (Wildman–Crippen MR) is 115 cm³/mol. The van der Waals surface area contributed by atoms with Crippen molar-refractivity contribution in [2.75, 3.05) is 19.6 Å². The van der Waals surface area contributed by atoms with Crippen LogP contribution in [0.15, 0.2) is 48.3 Å². The first kappa shape index (κ1) is 21.2. The molecule has 33 heavy (non-hydrogen) atoms. The van der Waals surface area contributed by atoms with Crippen molar-refractivity contribution in [1.29, 1.82) is 0 Å². The predicted octanol–water partition coefficient (Wildman–Crippen LogP) is 3.67. The smallest absolute Gasteiger partial charge is 0.259 e. The SMILES string of the molecule is C=CCN(CC=C)Cc1nc(-c2ncn3c2[C@@H]2CCCN2C(=O)c2c-3ccc(F)c2F)no1. The van der Waals surface area contributed by atoms with Crippen molar-refractivity contribution in [3.8, 4) is 17.2 Å². The van der Waals surface area contributed by atoms with Gasteiger partial charge in [-0.15, -0.1) is 13.2 Å². The van der Waals surface area contributed by atoms with Crippen molar-refractivity contribution in [3.05, 3.63) is 72.6 Å². The molecule has 1 aromatic carbocycles. The van der Waals surface area contributed by atoms with Crippen LogP contribution in [-0.2, 0) is 6.54 Å². The number of fused-ring (bicyclic) bond motifs is 5. The number of carbonyl (C=O) groups excluding carboxylic acids is 1. The standard InChI is InChI=1S/C23H22F2N6O2/c1-3-9-29(10-4-2)12-17-27-22(28-33-17)20-21-16-6-5-11-30(16)23(32)18-15(31(21)13-26-20)8-7-14(24)19(18)25/h3-4,7-8,13,16H,1-2,5-6,9-12H2/t16-/m0/s1. The molecule has 10 heteroatoms. The van der Waals surface area contributed by atoms with Crippen molar-refractivity contribution in [3.63, 3.8) is 0 Å². The van der Waals surface area contributed by atoms with E-state index in [0.717, 1.165) is 12.5 Å². The van der Waals surface area contributed by atoms with Crippen LogP contribution in [0.2, 0.25) is 0 Å². The molecule has 2 aromatic heterocycles. The van der Waals surface area contributed by atoms with Crippen LogP contribution in [0.3, 0.4) is 0 Å². The molecule has 1 atom stereocenters. The lowest BCUT2D eigenvalue weighted by molar-refractivity contribution is 0.0733. The van der Waals surface area contributed by atoms with Crippen molar-refractivity contribution < 1.29 is 18.1 Å². The van der Waals surface area contributed by atoms with E-state index in [1.807, 2.05) is 4.90 Å². The topological polar surface area (TPSA) is 80.3 Å². The molecule has 8 nitrogen and oxygen atoms in total. The summed E-state index contributed by atoms with van der Waals surface area (Å²) >= 11 is 0. The molecular weight excluding hydrogens is 430 g/mol. The monoisotopic (exact) mass is 452 g/mol. The summed E-state index contributed by atoms with van der Waals surface area (Å²) < 4.78 is 35.8. The summed E-state index contributed by atoms with van der Waals surface area (Å²) in [6.07, 6.45) is 6.46. The second kappa shape index (κ2) is 8.36. The summed E-state index contributed by atoms with van der Waals surface area (Å²) in [5.41, 5.74) is 1.06. The number of nitrogens with zero attached hydrogens (tertiary/aromatic N) is 6. The summed E-state index contributed by atoms with van der Waals surface area (Å²) in [6, 6.07) is 2.05. The molecule has 1 amide bonds. The van der Waals surface area contributed by atoms with E-state index in [-0.39, 0.29) is 23.1 Å². The molecule has 2 aliphatic rings. The van der Waals surface area contributed by atoms with Gasteiger partial charge in [-0.3, -0.25) is 14.3 Å². The summed E-state index contributed by atoms with van der Waals surface area (Å²) in [5.74, 6) is -2.07. The van der Waals surface area contributed by atoms with Crippen LogP contribution in [0, 0.1) is 11.6 Å². The van der Waals surface area contributed by atoms with Crippen LogP contribution >= 0.6 is 0 Å². The average Bonchev–Trinajstić information content (AvgIpc) is 3.53. The minimum absolute atomic E-state index is 0.244. The molecule has 0 aliphatic carbocycles. The Labute approximate surface area is 188 Å². The number of hydrogen-bond acceptors (Lipinski definition) is 6. The highest BCUT2D eigenvalue weighted by molar-refractivity contribution is 5.99. The maximum atomic E-state index is 14.7. The van der Waals surface area contributed by atoms with Crippen molar-refractivity contribution in [2.24, 2.45) is 0 Å². The van der Waals surface area contributed by atoms with Gasteiger partial charge in [0.1, 0.15) is 17.6 Å². The zero-order chi connectivity index (χ0) is 23.1. The minimum Gasteiger partial charge on any atom is -0.337 e. The number of hydrogen-bond donors (Lipinski definition) is 0. The molecule has 3 aromatic rings. The van der Waals surface area contributed by atoms with Crippen LogP contribution in [0.4, 0.5) is 8.78 Å². The number of benzene rings is 1. The fraction of sp³-hybridized carbons (Fsp3) is 0.304. The Bertz CT molecular complexity index is 1240. The number of halogens is 2. The molecule has 0 N–H and O–H groups in total. The van der Waals surface area contributed by atoms with Crippen LogP contribution in [0.1, 0.15) is 40.8 Å². The van der Waals surface area contributed by atoms with Gasteiger partial charge in [0, 0.05) is 19.6 Å². The van der Waals surface area contributed by atoms with E-state index >= 15 is 0 Å². The van der Waals surface area contributed by atoms with Crippen LogP contribution < -0.4 is 0 Å². The Morgan fingerprint density at radius 3 is 2.79 bits per heavy atom. The van der Waals surface area contributed by atoms with Gasteiger partial charge < -0.3 is 9.42 Å². The Hall–Kier alpha value is -3.66. The molecule has 170 valence electrons. The summed E-state index contributed by atoms with van der Waals surface area (Å²) in [6.45, 7) is 9.61. The molecule has 1 fully saturated rings. The van der Waals surface area contributed by atoms with Crippen LogP contribution in [0.25, 0.3) is 17.2 Å². The van der Waals surface area contributed by atoms with Crippen molar-refractivity contribution >= 4 is 5.91 Å². The van der Waals surface area contributed by atoms with Crippen molar-refractivity contribution in [2.45, 2.75) is 25.4 Å². The summed E-state index contributed by atoms with van der Waals surface area (Å²) in [4.78, 5) is 25.8. The lowest BCUT2D eigenvalue weighted by atomic mass is 10.1. The molecule has 0 saturated carbocycles.